The van der Waals surface area contributed by atoms with Gasteiger partial charge in [-0.3, -0.25) is 14.4 Å². The van der Waals surface area contributed by atoms with Crippen molar-refractivity contribution in [3.63, 3.8) is 0 Å². The number of nitrogens with zero attached hydrogens (tertiary/aromatic N) is 1. The van der Waals surface area contributed by atoms with E-state index < -0.39 is 0 Å². The van der Waals surface area contributed by atoms with E-state index >= 15 is 0 Å². The van der Waals surface area contributed by atoms with Crippen LogP contribution in [0.3, 0.4) is 0 Å². The highest BCUT2D eigenvalue weighted by atomic mass is 16.2. The minimum absolute atomic E-state index is 0.0485. The van der Waals surface area contributed by atoms with Crippen molar-refractivity contribution in [2.45, 2.75) is 39.3 Å². The second kappa shape index (κ2) is 5.48. The molecule has 0 aromatic carbocycles. The van der Waals surface area contributed by atoms with Crippen LogP contribution >= 0.6 is 0 Å². The summed E-state index contributed by atoms with van der Waals surface area (Å²) < 4.78 is 0. The van der Waals surface area contributed by atoms with E-state index in [0.29, 0.717) is 24.2 Å². The van der Waals surface area contributed by atoms with Crippen LogP contribution in [-0.2, 0) is 4.79 Å². The molecule has 1 atom stereocenters. The average molecular weight is 277 g/mol. The van der Waals surface area contributed by atoms with E-state index in [-0.39, 0.29) is 29.5 Å². The molecule has 1 saturated heterocycles. The maximum atomic E-state index is 12.1. The lowest BCUT2D eigenvalue weighted by Crippen LogP contribution is -2.39. The normalized spacial score (nSPS) is 18.7. The molecule has 1 aliphatic rings. The Hall–Kier alpha value is -2.11. The lowest BCUT2D eigenvalue weighted by Gasteiger charge is -2.21. The molecule has 0 unspecified atom stereocenters. The summed E-state index contributed by atoms with van der Waals surface area (Å²) in [5.74, 6) is -0.269. The molecule has 6 nitrogen and oxygen atoms in total. The van der Waals surface area contributed by atoms with Crippen LogP contribution in [0, 0.1) is 6.92 Å². The number of hydrogen-bond donors (Lipinski definition) is 2. The Morgan fingerprint density at radius 1 is 1.40 bits per heavy atom. The zero-order chi connectivity index (χ0) is 14.9. The molecule has 0 bridgehead atoms. The molecule has 0 aliphatic carbocycles. The third-order valence-corrected chi connectivity index (χ3v) is 3.36. The van der Waals surface area contributed by atoms with Crippen LogP contribution in [0.4, 0.5) is 0 Å². The molecule has 6 heteroatoms. The Bertz CT molecular complexity index is 592. The molecule has 1 aromatic rings. The van der Waals surface area contributed by atoms with Gasteiger partial charge in [-0.15, -0.1) is 0 Å². The van der Waals surface area contributed by atoms with Gasteiger partial charge in [0.1, 0.15) is 0 Å². The fourth-order valence-corrected chi connectivity index (χ4v) is 2.41. The second-order valence-electron chi connectivity index (χ2n) is 5.43. The van der Waals surface area contributed by atoms with E-state index in [9.17, 15) is 14.4 Å². The van der Waals surface area contributed by atoms with Crippen LogP contribution < -0.4 is 10.9 Å². The van der Waals surface area contributed by atoms with Crippen molar-refractivity contribution in [3.8, 4) is 0 Å². The molecule has 1 aliphatic heterocycles. The molecule has 2 N–H and O–H groups in total. The van der Waals surface area contributed by atoms with Crippen molar-refractivity contribution >= 4 is 11.8 Å². The number of hydrogen-bond acceptors (Lipinski definition) is 3. The maximum Gasteiger partial charge on any atom is 0.251 e. The predicted octanol–water partition coefficient (Wildman–Crippen LogP) is 0.422. The zero-order valence-electron chi connectivity index (χ0n) is 11.9. The van der Waals surface area contributed by atoms with E-state index in [1.165, 1.54) is 6.07 Å². The van der Waals surface area contributed by atoms with Crippen molar-refractivity contribution in [2.24, 2.45) is 0 Å². The zero-order valence-corrected chi connectivity index (χ0v) is 11.9. The number of H-pyrrole nitrogens is 1. The van der Waals surface area contributed by atoms with Crippen molar-refractivity contribution in [3.05, 3.63) is 33.7 Å². The number of likely N-dealkylation sites (tertiary alicyclic amines) is 1. The number of aromatic amines is 1. The summed E-state index contributed by atoms with van der Waals surface area (Å²) >= 11 is 0. The van der Waals surface area contributed by atoms with Crippen LogP contribution in [0.1, 0.15) is 36.3 Å². The number of pyridine rings is 1. The van der Waals surface area contributed by atoms with Gasteiger partial charge in [0.05, 0.1) is 6.04 Å². The summed E-state index contributed by atoms with van der Waals surface area (Å²) in [6.45, 7) is 6.13. The van der Waals surface area contributed by atoms with E-state index in [4.69, 9.17) is 0 Å². The highest BCUT2D eigenvalue weighted by Crippen LogP contribution is 2.14. The van der Waals surface area contributed by atoms with Crippen molar-refractivity contribution in [1.29, 1.82) is 0 Å². The summed E-state index contributed by atoms with van der Waals surface area (Å²) in [6.07, 6.45) is 0.312. The van der Waals surface area contributed by atoms with Crippen LogP contribution in [-0.4, -0.2) is 40.3 Å². The van der Waals surface area contributed by atoms with Gasteiger partial charge in [0.15, 0.2) is 0 Å². The first-order valence-electron chi connectivity index (χ1n) is 6.68. The van der Waals surface area contributed by atoms with Gasteiger partial charge < -0.3 is 15.2 Å². The quantitative estimate of drug-likeness (QED) is 0.840. The SMILES string of the molecule is Cc1cc(C(=O)N[C@H]2CC(=O)N(C(C)C)C2)cc(=O)[nH]1. The Kier molecular flexibility index (Phi) is 3.92. The lowest BCUT2D eigenvalue weighted by molar-refractivity contribution is -0.129. The molecule has 0 spiro atoms. The minimum Gasteiger partial charge on any atom is -0.347 e. The second-order valence-corrected chi connectivity index (χ2v) is 5.43. The number of aryl methyl sites for hydroxylation is 1. The molecule has 1 fully saturated rings. The third-order valence-electron chi connectivity index (χ3n) is 3.36. The van der Waals surface area contributed by atoms with Gasteiger partial charge in [-0.1, -0.05) is 0 Å². The number of aromatic nitrogens is 1. The number of carbonyl (C=O) groups is 2. The van der Waals surface area contributed by atoms with Crippen LogP contribution in [0.15, 0.2) is 16.9 Å². The molecule has 20 heavy (non-hydrogen) atoms. The van der Waals surface area contributed by atoms with E-state index in [0.717, 1.165) is 0 Å². The summed E-state index contributed by atoms with van der Waals surface area (Å²) in [7, 11) is 0. The Morgan fingerprint density at radius 3 is 2.65 bits per heavy atom. The van der Waals surface area contributed by atoms with E-state index in [1.54, 1.807) is 17.9 Å². The standard InChI is InChI=1S/C14H19N3O3/c1-8(2)17-7-11(6-13(17)19)16-14(20)10-4-9(3)15-12(18)5-10/h4-5,8,11H,6-7H2,1-3H3,(H,15,18)(H,16,20)/t11-/m0/s1. The number of amides is 2. The van der Waals surface area contributed by atoms with Crippen LogP contribution in [0.2, 0.25) is 0 Å². The highest BCUT2D eigenvalue weighted by molar-refractivity contribution is 5.95. The number of carbonyl (C=O) groups excluding carboxylic acids is 2. The lowest BCUT2D eigenvalue weighted by atomic mass is 10.2. The summed E-state index contributed by atoms with van der Waals surface area (Å²) in [6, 6.07) is 2.82. The van der Waals surface area contributed by atoms with Gasteiger partial charge in [0.25, 0.3) is 5.91 Å². The Balaban J connectivity index is 2.06. The molecular formula is C14H19N3O3. The van der Waals surface area contributed by atoms with Gasteiger partial charge in [0.2, 0.25) is 11.5 Å². The molecule has 2 amide bonds. The molecule has 108 valence electrons. The first kappa shape index (κ1) is 14.3. The smallest absolute Gasteiger partial charge is 0.251 e. The summed E-state index contributed by atoms with van der Waals surface area (Å²) in [5, 5.41) is 2.81. The fraction of sp³-hybridized carbons (Fsp3) is 0.500. The number of nitrogens with one attached hydrogen (secondary N) is 2. The van der Waals surface area contributed by atoms with Gasteiger partial charge in [-0.25, -0.2) is 0 Å². The third kappa shape index (κ3) is 3.07. The molecular weight excluding hydrogens is 258 g/mol. The first-order valence-corrected chi connectivity index (χ1v) is 6.68. The van der Waals surface area contributed by atoms with E-state index in [1.807, 2.05) is 13.8 Å². The van der Waals surface area contributed by atoms with Gasteiger partial charge >= 0.3 is 0 Å². The summed E-state index contributed by atoms with van der Waals surface area (Å²) in [5.41, 5.74) is 0.650. The fourth-order valence-electron chi connectivity index (χ4n) is 2.41. The van der Waals surface area contributed by atoms with Crippen molar-refractivity contribution in [2.75, 3.05) is 6.54 Å². The Labute approximate surface area is 117 Å². The van der Waals surface area contributed by atoms with E-state index in [2.05, 4.69) is 10.3 Å². The topological polar surface area (TPSA) is 82.3 Å². The monoisotopic (exact) mass is 277 g/mol. The molecule has 0 radical (unpaired) electrons. The van der Waals surface area contributed by atoms with Gasteiger partial charge in [0, 0.05) is 36.3 Å². The largest absolute Gasteiger partial charge is 0.347 e. The highest BCUT2D eigenvalue weighted by Gasteiger charge is 2.32. The molecule has 1 aromatic heterocycles. The van der Waals surface area contributed by atoms with Gasteiger partial charge in [-0.2, -0.15) is 0 Å². The van der Waals surface area contributed by atoms with Crippen molar-refractivity contribution in [1.82, 2.24) is 15.2 Å². The average Bonchev–Trinajstić information content (AvgIpc) is 2.69. The van der Waals surface area contributed by atoms with Crippen molar-refractivity contribution < 1.29 is 9.59 Å². The van der Waals surface area contributed by atoms with Crippen LogP contribution in [0.5, 0.6) is 0 Å². The Morgan fingerprint density at radius 2 is 2.10 bits per heavy atom. The number of rotatable bonds is 3. The molecule has 2 rings (SSSR count). The molecule has 2 heterocycles. The maximum absolute atomic E-state index is 12.1. The minimum atomic E-state index is -0.317. The first-order chi connectivity index (χ1) is 9.36. The predicted molar refractivity (Wildman–Crippen MR) is 74.5 cm³/mol. The van der Waals surface area contributed by atoms with Crippen LogP contribution in [0.25, 0.3) is 0 Å². The summed E-state index contributed by atoms with van der Waals surface area (Å²) in [4.78, 5) is 39.5. The van der Waals surface area contributed by atoms with Gasteiger partial charge in [-0.05, 0) is 26.8 Å². The molecule has 0 saturated carbocycles.